The van der Waals surface area contributed by atoms with Gasteiger partial charge in [-0.2, -0.15) is 0 Å². The molecule has 2 rings (SSSR count). The van der Waals surface area contributed by atoms with Gasteiger partial charge in [0.1, 0.15) is 17.6 Å². The summed E-state index contributed by atoms with van der Waals surface area (Å²) >= 11 is 0. The molecule has 0 spiro atoms. The minimum atomic E-state index is -0.645. The Labute approximate surface area is 120 Å². The van der Waals surface area contributed by atoms with Gasteiger partial charge in [0.05, 0.1) is 4.92 Å². The fourth-order valence-corrected chi connectivity index (χ4v) is 1.63. The molecule has 3 N–H and O–H groups in total. The van der Waals surface area contributed by atoms with Crippen molar-refractivity contribution in [3.05, 3.63) is 40.3 Å². The van der Waals surface area contributed by atoms with E-state index in [0.717, 1.165) is 12.6 Å². The number of rotatable bonds is 6. The third-order valence-electron chi connectivity index (χ3n) is 2.61. The molecule has 0 aliphatic heterocycles. The first kappa shape index (κ1) is 14.4. The number of anilines is 2. The summed E-state index contributed by atoms with van der Waals surface area (Å²) in [7, 11) is 0. The van der Waals surface area contributed by atoms with E-state index in [1.807, 2.05) is 6.92 Å². The first-order valence-electron chi connectivity index (χ1n) is 6.31. The summed E-state index contributed by atoms with van der Waals surface area (Å²) in [6.07, 6.45) is 4.93. The highest BCUT2D eigenvalue weighted by molar-refractivity contribution is 6.06. The van der Waals surface area contributed by atoms with Gasteiger partial charge in [-0.15, -0.1) is 0 Å². The number of imidazole rings is 1. The van der Waals surface area contributed by atoms with Gasteiger partial charge >= 0.3 is 0 Å². The smallest absolute Gasteiger partial charge is 0.300 e. The summed E-state index contributed by atoms with van der Waals surface area (Å²) < 4.78 is 0. The molecule has 0 fully saturated rings. The van der Waals surface area contributed by atoms with Crippen LogP contribution in [0.3, 0.4) is 0 Å². The highest BCUT2D eigenvalue weighted by atomic mass is 16.6. The molecule has 2 heterocycles. The number of nitrogens with one attached hydrogen (secondary N) is 3. The van der Waals surface area contributed by atoms with E-state index in [1.165, 1.54) is 18.5 Å². The molecule has 0 aromatic carbocycles. The van der Waals surface area contributed by atoms with Gasteiger partial charge in [-0.1, -0.05) is 6.92 Å². The number of carbonyl (C=O) groups excluding carboxylic acids is 1. The van der Waals surface area contributed by atoms with Crippen LogP contribution >= 0.6 is 0 Å². The van der Waals surface area contributed by atoms with E-state index >= 15 is 0 Å². The summed E-state index contributed by atoms with van der Waals surface area (Å²) in [5.41, 5.74) is -0.439. The fraction of sp³-hybridized carbons (Fsp3) is 0.250. The average molecular weight is 290 g/mol. The maximum Gasteiger partial charge on any atom is 0.300 e. The van der Waals surface area contributed by atoms with Crippen molar-refractivity contribution in [3.8, 4) is 0 Å². The first-order valence-corrected chi connectivity index (χ1v) is 6.31. The van der Waals surface area contributed by atoms with E-state index < -0.39 is 10.8 Å². The number of aromatic amines is 1. The monoisotopic (exact) mass is 290 g/mol. The summed E-state index contributed by atoms with van der Waals surface area (Å²) in [6, 6.07) is 1.35. The molecular weight excluding hydrogens is 276 g/mol. The molecule has 0 aliphatic carbocycles. The van der Waals surface area contributed by atoms with E-state index in [4.69, 9.17) is 0 Å². The third-order valence-corrected chi connectivity index (χ3v) is 2.61. The lowest BCUT2D eigenvalue weighted by Crippen LogP contribution is -2.16. The maximum absolute atomic E-state index is 12.1. The first-order chi connectivity index (χ1) is 10.1. The van der Waals surface area contributed by atoms with Crippen molar-refractivity contribution in [1.82, 2.24) is 15.0 Å². The highest BCUT2D eigenvalue weighted by Crippen LogP contribution is 2.21. The second kappa shape index (κ2) is 6.46. The number of pyridine rings is 1. The molecule has 9 heteroatoms. The molecule has 0 radical (unpaired) electrons. The predicted octanol–water partition coefficient (Wildman–Crippen LogP) is 1.79. The highest BCUT2D eigenvalue weighted by Gasteiger charge is 2.22. The number of hydrogen-bond donors (Lipinski definition) is 3. The van der Waals surface area contributed by atoms with Gasteiger partial charge in [-0.3, -0.25) is 20.2 Å². The van der Waals surface area contributed by atoms with Crippen LogP contribution in [0.2, 0.25) is 0 Å². The molecule has 2 aromatic heterocycles. The van der Waals surface area contributed by atoms with Crippen molar-refractivity contribution in [2.45, 2.75) is 13.3 Å². The topological polar surface area (TPSA) is 126 Å². The molecule has 0 saturated heterocycles. The van der Waals surface area contributed by atoms with Crippen molar-refractivity contribution in [1.29, 1.82) is 0 Å². The molecular formula is C12H14N6O3. The Morgan fingerprint density at radius 3 is 2.90 bits per heavy atom. The van der Waals surface area contributed by atoms with Crippen LogP contribution < -0.4 is 10.6 Å². The Morgan fingerprint density at radius 1 is 1.48 bits per heavy atom. The Kier molecular flexibility index (Phi) is 4.44. The van der Waals surface area contributed by atoms with Crippen LogP contribution in [0.5, 0.6) is 0 Å². The quantitative estimate of drug-likeness (QED) is 0.550. The van der Waals surface area contributed by atoms with Crippen molar-refractivity contribution >= 4 is 23.4 Å². The third kappa shape index (κ3) is 3.53. The minimum Gasteiger partial charge on any atom is -0.370 e. The number of aromatic nitrogens is 3. The Balaban J connectivity index is 2.29. The van der Waals surface area contributed by atoms with Crippen molar-refractivity contribution in [2.24, 2.45) is 0 Å². The average Bonchev–Trinajstić information content (AvgIpc) is 2.97. The molecule has 0 unspecified atom stereocenters. The second-order valence-corrected chi connectivity index (χ2v) is 4.16. The van der Waals surface area contributed by atoms with Gasteiger partial charge < -0.3 is 10.3 Å². The van der Waals surface area contributed by atoms with Crippen LogP contribution in [0.1, 0.15) is 23.7 Å². The van der Waals surface area contributed by atoms with Crippen LogP contribution in [0.15, 0.2) is 24.7 Å². The number of amides is 1. The predicted molar refractivity (Wildman–Crippen MR) is 76.2 cm³/mol. The van der Waals surface area contributed by atoms with Crippen molar-refractivity contribution < 1.29 is 9.72 Å². The SMILES string of the molecule is CCCNc1cc(C(=O)Nc2ncc[nH]2)c([N+](=O)[O-])cn1. The van der Waals surface area contributed by atoms with E-state index in [-0.39, 0.29) is 17.2 Å². The number of carbonyl (C=O) groups is 1. The largest absolute Gasteiger partial charge is 0.370 e. The van der Waals surface area contributed by atoms with Gasteiger partial charge in [0, 0.05) is 25.0 Å². The zero-order chi connectivity index (χ0) is 15.2. The molecule has 0 bridgehead atoms. The van der Waals surface area contributed by atoms with E-state index in [9.17, 15) is 14.9 Å². The number of hydrogen-bond acceptors (Lipinski definition) is 6. The lowest BCUT2D eigenvalue weighted by atomic mass is 10.2. The lowest BCUT2D eigenvalue weighted by Gasteiger charge is -2.07. The number of nitro groups is 1. The lowest BCUT2D eigenvalue weighted by molar-refractivity contribution is -0.385. The fourth-order valence-electron chi connectivity index (χ4n) is 1.63. The normalized spacial score (nSPS) is 10.1. The van der Waals surface area contributed by atoms with Gasteiger partial charge in [-0.25, -0.2) is 9.97 Å². The Hall–Kier alpha value is -2.97. The second-order valence-electron chi connectivity index (χ2n) is 4.16. The molecule has 0 saturated carbocycles. The van der Waals surface area contributed by atoms with Crippen LogP contribution in [0.25, 0.3) is 0 Å². The van der Waals surface area contributed by atoms with Crippen LogP contribution in [-0.4, -0.2) is 32.3 Å². The molecule has 0 atom stereocenters. The minimum absolute atomic E-state index is 0.0787. The number of nitrogens with zero attached hydrogens (tertiary/aromatic N) is 3. The molecule has 9 nitrogen and oxygen atoms in total. The van der Waals surface area contributed by atoms with Crippen molar-refractivity contribution in [2.75, 3.05) is 17.2 Å². The number of H-pyrrole nitrogens is 1. The van der Waals surface area contributed by atoms with Crippen LogP contribution in [0.4, 0.5) is 17.5 Å². The molecule has 0 aliphatic rings. The molecule has 21 heavy (non-hydrogen) atoms. The van der Waals surface area contributed by atoms with Crippen molar-refractivity contribution in [3.63, 3.8) is 0 Å². The summed E-state index contributed by atoms with van der Waals surface area (Å²) in [5, 5.41) is 16.4. The Bertz CT molecular complexity index is 640. The van der Waals surface area contributed by atoms with Gasteiger partial charge in [0.2, 0.25) is 5.95 Å². The molecule has 2 aromatic rings. The summed E-state index contributed by atoms with van der Waals surface area (Å²) in [6.45, 7) is 2.63. The summed E-state index contributed by atoms with van der Waals surface area (Å²) in [4.78, 5) is 32.9. The van der Waals surface area contributed by atoms with Gasteiger partial charge in [-0.05, 0) is 6.42 Å². The maximum atomic E-state index is 12.1. The molecule has 1 amide bonds. The molecule has 110 valence electrons. The van der Waals surface area contributed by atoms with Gasteiger partial charge in [0.25, 0.3) is 11.6 Å². The van der Waals surface area contributed by atoms with Crippen LogP contribution in [0, 0.1) is 10.1 Å². The zero-order valence-corrected chi connectivity index (χ0v) is 11.3. The van der Waals surface area contributed by atoms with E-state index in [1.54, 1.807) is 0 Å². The zero-order valence-electron chi connectivity index (χ0n) is 11.3. The van der Waals surface area contributed by atoms with Gasteiger partial charge in [0.15, 0.2) is 0 Å². The van der Waals surface area contributed by atoms with Crippen LogP contribution in [-0.2, 0) is 0 Å². The Morgan fingerprint density at radius 2 is 2.29 bits per heavy atom. The summed E-state index contributed by atoms with van der Waals surface area (Å²) in [5.74, 6) is -0.000166. The van der Waals surface area contributed by atoms with E-state index in [0.29, 0.717) is 12.4 Å². The van der Waals surface area contributed by atoms with E-state index in [2.05, 4.69) is 25.6 Å². The standard InChI is InChI=1S/C12H14N6O3/c1-2-3-13-10-6-8(9(7-16-10)18(20)21)11(19)17-12-14-4-5-15-12/h4-7H,2-3H2,1H3,(H,13,16)(H2,14,15,17,19).